The first-order valence-corrected chi connectivity index (χ1v) is 4.37. The minimum absolute atomic E-state index is 0.104. The molecule has 12 heavy (non-hydrogen) atoms. The van der Waals surface area contributed by atoms with Crippen molar-refractivity contribution in [1.82, 2.24) is 0 Å². The fraction of sp³-hybridized carbons (Fsp3) is 0.125. The van der Waals surface area contributed by atoms with E-state index < -0.39 is 0 Å². The van der Waals surface area contributed by atoms with Crippen LogP contribution in [0.4, 0.5) is 0 Å². The maximum atomic E-state index is 11.2. The highest BCUT2D eigenvalue weighted by Crippen LogP contribution is 2.26. The van der Waals surface area contributed by atoms with Crippen molar-refractivity contribution in [3.8, 4) is 0 Å². The summed E-state index contributed by atoms with van der Waals surface area (Å²) in [6.07, 6.45) is 6.60. The highest BCUT2D eigenvalue weighted by atomic mass is 79.9. The van der Waals surface area contributed by atoms with E-state index in [9.17, 15) is 4.79 Å². The van der Waals surface area contributed by atoms with E-state index in [0.717, 1.165) is 5.57 Å². The van der Waals surface area contributed by atoms with Gasteiger partial charge in [0, 0.05) is 23.6 Å². The lowest BCUT2D eigenvalue weighted by atomic mass is 10.0. The number of carbonyl (C=O) groups is 1. The summed E-state index contributed by atoms with van der Waals surface area (Å²) in [5.41, 5.74) is 1.52. The number of allylic oxidation sites excluding steroid dienone is 2. The van der Waals surface area contributed by atoms with Gasteiger partial charge >= 0.3 is 0 Å². The molecule has 0 bridgehead atoms. The number of dihydropyridines is 2. The molecule has 0 spiro atoms. The summed E-state index contributed by atoms with van der Waals surface area (Å²) in [7, 11) is 0. The summed E-state index contributed by atoms with van der Waals surface area (Å²) < 4.78 is 0. The van der Waals surface area contributed by atoms with Gasteiger partial charge in [-0.3, -0.25) is 9.79 Å². The van der Waals surface area contributed by atoms with Gasteiger partial charge in [0.25, 0.3) is 5.91 Å². The molecule has 0 aromatic carbocycles. The highest BCUT2D eigenvalue weighted by Gasteiger charge is 2.23. The molecule has 1 unspecified atom stereocenters. The van der Waals surface area contributed by atoms with Crippen LogP contribution in [0, 0.1) is 0 Å². The Hall–Kier alpha value is -1.03. The maximum Gasteiger partial charge on any atom is 0.277 e. The van der Waals surface area contributed by atoms with Crippen molar-refractivity contribution in [1.29, 1.82) is 0 Å². The predicted molar refractivity (Wildman–Crippen MR) is 50.9 cm³/mol. The SMILES string of the molecule is O=C1N=CC=C2C1=CC=NC2Br. The van der Waals surface area contributed by atoms with Gasteiger partial charge in [0.15, 0.2) is 0 Å². The standard InChI is InChI=1S/C8H5BrN2O/c9-7-5-1-4-11-8(12)6(5)2-3-10-7/h1-4,7H. The number of amides is 1. The number of aliphatic imine (C=N–C) groups is 2. The first-order chi connectivity index (χ1) is 5.79. The van der Waals surface area contributed by atoms with Crippen molar-refractivity contribution in [2.75, 3.05) is 0 Å². The van der Waals surface area contributed by atoms with Gasteiger partial charge in [-0.15, -0.1) is 0 Å². The van der Waals surface area contributed by atoms with Gasteiger partial charge in [0.1, 0.15) is 4.95 Å². The third-order valence-corrected chi connectivity index (χ3v) is 2.43. The molecule has 0 radical (unpaired) electrons. The fourth-order valence-corrected chi connectivity index (χ4v) is 1.65. The molecule has 1 amide bonds. The van der Waals surface area contributed by atoms with E-state index in [2.05, 4.69) is 25.9 Å². The van der Waals surface area contributed by atoms with Gasteiger partial charge in [-0.25, -0.2) is 4.99 Å². The Morgan fingerprint density at radius 3 is 2.92 bits per heavy atom. The number of fused-ring (bicyclic) bond motifs is 1. The summed E-state index contributed by atoms with van der Waals surface area (Å²) in [6.45, 7) is 0. The number of carbonyl (C=O) groups excluding carboxylic acids is 1. The topological polar surface area (TPSA) is 41.8 Å². The minimum atomic E-state index is -0.192. The Balaban J connectivity index is 2.50. The smallest absolute Gasteiger partial charge is 0.274 e. The van der Waals surface area contributed by atoms with E-state index >= 15 is 0 Å². The number of hydrogen-bond acceptors (Lipinski definition) is 2. The van der Waals surface area contributed by atoms with E-state index in [1.807, 2.05) is 0 Å². The number of alkyl halides is 1. The van der Waals surface area contributed by atoms with Crippen LogP contribution in [0.2, 0.25) is 0 Å². The molecule has 2 aliphatic heterocycles. The van der Waals surface area contributed by atoms with Gasteiger partial charge in [-0.2, -0.15) is 0 Å². The molecule has 0 aromatic heterocycles. The molecular formula is C8H5BrN2O. The molecule has 0 N–H and O–H groups in total. The summed E-state index contributed by atoms with van der Waals surface area (Å²) in [5.74, 6) is -0.192. The van der Waals surface area contributed by atoms with Crippen LogP contribution < -0.4 is 0 Å². The molecule has 60 valence electrons. The monoisotopic (exact) mass is 224 g/mol. The van der Waals surface area contributed by atoms with Gasteiger partial charge in [0.05, 0.1) is 0 Å². The Labute approximate surface area is 77.7 Å². The largest absolute Gasteiger partial charge is 0.277 e. The second-order valence-corrected chi connectivity index (χ2v) is 3.29. The average Bonchev–Trinajstić information content (AvgIpc) is 2.07. The van der Waals surface area contributed by atoms with Gasteiger partial charge in [0.2, 0.25) is 0 Å². The van der Waals surface area contributed by atoms with Crippen molar-refractivity contribution in [2.45, 2.75) is 4.95 Å². The molecule has 0 fully saturated rings. The number of hydrogen-bond donors (Lipinski definition) is 0. The second kappa shape index (κ2) is 2.79. The Bertz CT molecular complexity index is 352. The third-order valence-electron chi connectivity index (χ3n) is 1.70. The minimum Gasteiger partial charge on any atom is -0.274 e. The highest BCUT2D eigenvalue weighted by molar-refractivity contribution is 9.09. The lowest BCUT2D eigenvalue weighted by molar-refractivity contribution is -0.114. The number of nitrogens with zero attached hydrogens (tertiary/aromatic N) is 2. The maximum absolute atomic E-state index is 11.2. The van der Waals surface area contributed by atoms with Crippen molar-refractivity contribution >= 4 is 34.3 Å². The first-order valence-electron chi connectivity index (χ1n) is 3.45. The molecule has 2 aliphatic rings. The van der Waals surface area contributed by atoms with E-state index in [4.69, 9.17) is 0 Å². The molecule has 0 saturated heterocycles. The van der Waals surface area contributed by atoms with Crippen LogP contribution in [0.15, 0.2) is 33.3 Å². The quantitative estimate of drug-likeness (QED) is 0.452. The fourth-order valence-electron chi connectivity index (χ4n) is 1.12. The molecule has 2 heterocycles. The lowest BCUT2D eigenvalue weighted by Gasteiger charge is -2.16. The van der Waals surface area contributed by atoms with Crippen molar-refractivity contribution in [3.63, 3.8) is 0 Å². The molecule has 0 aromatic rings. The van der Waals surface area contributed by atoms with Crippen LogP contribution >= 0.6 is 15.9 Å². The molecule has 0 aliphatic carbocycles. The average molecular weight is 225 g/mol. The van der Waals surface area contributed by atoms with Crippen LogP contribution in [0.25, 0.3) is 0 Å². The van der Waals surface area contributed by atoms with Crippen LogP contribution in [0.3, 0.4) is 0 Å². The second-order valence-electron chi connectivity index (χ2n) is 2.42. The van der Waals surface area contributed by atoms with Gasteiger partial charge < -0.3 is 0 Å². The summed E-state index contributed by atoms with van der Waals surface area (Å²) in [6, 6.07) is 0. The van der Waals surface area contributed by atoms with E-state index in [1.165, 1.54) is 6.21 Å². The van der Waals surface area contributed by atoms with E-state index in [-0.39, 0.29) is 10.9 Å². The van der Waals surface area contributed by atoms with Crippen LogP contribution in [-0.4, -0.2) is 23.3 Å². The van der Waals surface area contributed by atoms with Crippen molar-refractivity contribution in [3.05, 3.63) is 23.3 Å². The molecule has 4 heteroatoms. The van der Waals surface area contributed by atoms with Crippen molar-refractivity contribution in [2.24, 2.45) is 9.98 Å². The molecule has 2 rings (SSSR count). The third kappa shape index (κ3) is 1.08. The summed E-state index contributed by atoms with van der Waals surface area (Å²) >= 11 is 3.34. The van der Waals surface area contributed by atoms with E-state index in [1.54, 1.807) is 18.4 Å². The summed E-state index contributed by atoms with van der Waals surface area (Å²) in [4.78, 5) is 18.8. The van der Waals surface area contributed by atoms with Gasteiger partial charge in [-0.1, -0.05) is 15.9 Å². The molecular weight excluding hydrogens is 220 g/mol. The Morgan fingerprint density at radius 1 is 1.33 bits per heavy atom. The van der Waals surface area contributed by atoms with Crippen LogP contribution in [0.1, 0.15) is 0 Å². The van der Waals surface area contributed by atoms with Crippen molar-refractivity contribution < 1.29 is 4.79 Å². The first kappa shape index (κ1) is 7.61. The van der Waals surface area contributed by atoms with Crippen LogP contribution in [-0.2, 0) is 4.79 Å². The Morgan fingerprint density at radius 2 is 2.17 bits per heavy atom. The zero-order chi connectivity index (χ0) is 8.55. The zero-order valence-electron chi connectivity index (χ0n) is 6.07. The Kier molecular flexibility index (Phi) is 1.77. The normalized spacial score (nSPS) is 26.4. The van der Waals surface area contributed by atoms with E-state index in [0.29, 0.717) is 5.57 Å². The zero-order valence-corrected chi connectivity index (χ0v) is 7.65. The summed E-state index contributed by atoms with van der Waals surface area (Å²) in [5, 5.41) is 0. The van der Waals surface area contributed by atoms with Crippen LogP contribution in [0.5, 0.6) is 0 Å². The molecule has 0 saturated carbocycles. The number of rotatable bonds is 0. The lowest BCUT2D eigenvalue weighted by Crippen LogP contribution is -2.16. The number of halogens is 1. The predicted octanol–water partition coefficient (Wildman–Crippen LogP) is 1.26. The molecule has 3 nitrogen and oxygen atoms in total. The molecule has 1 atom stereocenters. The van der Waals surface area contributed by atoms with Gasteiger partial charge in [-0.05, 0) is 12.2 Å².